The van der Waals surface area contributed by atoms with E-state index >= 15 is 0 Å². The third-order valence-electron chi connectivity index (χ3n) is 6.01. The van der Waals surface area contributed by atoms with Gasteiger partial charge in [0.2, 0.25) is 0 Å². The molecule has 2 aliphatic rings. The van der Waals surface area contributed by atoms with Crippen LogP contribution in [0.4, 0.5) is 0 Å². The van der Waals surface area contributed by atoms with Crippen LogP contribution in [0.5, 0.6) is 0 Å². The fourth-order valence-corrected chi connectivity index (χ4v) is 4.36. The fraction of sp³-hybridized carbons (Fsp3) is 0.240. The maximum Gasteiger partial charge on any atom is 0.273 e. The molecule has 0 aliphatic carbocycles. The Kier molecular flexibility index (Phi) is 5.22. The molecular weight excluding hydrogens is 386 g/mol. The Morgan fingerprint density at radius 2 is 1.77 bits per heavy atom. The minimum atomic E-state index is -0.181. The Hall–Kier alpha value is -3.51. The van der Waals surface area contributed by atoms with E-state index in [0.29, 0.717) is 17.2 Å². The predicted molar refractivity (Wildman–Crippen MR) is 123 cm³/mol. The van der Waals surface area contributed by atoms with Crippen LogP contribution >= 0.6 is 0 Å². The Balaban J connectivity index is 1.64. The normalized spacial score (nSPS) is 18.3. The monoisotopic (exact) mass is 411 g/mol. The molecule has 0 saturated carbocycles. The summed E-state index contributed by atoms with van der Waals surface area (Å²) in [6.07, 6.45) is 6.15. The van der Waals surface area contributed by atoms with E-state index in [0.717, 1.165) is 48.4 Å². The first-order valence-electron chi connectivity index (χ1n) is 10.7. The van der Waals surface area contributed by atoms with Crippen molar-refractivity contribution in [3.05, 3.63) is 77.5 Å². The van der Waals surface area contributed by atoms with Crippen LogP contribution in [0, 0.1) is 0 Å². The van der Waals surface area contributed by atoms with Crippen molar-refractivity contribution >= 4 is 17.7 Å². The molecule has 0 radical (unpaired) electrons. The standard InChI is InChI=1S/C25H25N5O/c1-17-22(25(31)28-27-17)15-20-16-30(29-24(20)19-7-3-2-4-8-19)23-10-6-5-9-21(23)18-11-13-26-14-12-18/h2-10,15-16,18,26H,11-14H2,1H3,(H,28,31)/b22-15-. The zero-order valence-electron chi connectivity index (χ0n) is 17.5. The number of hydrogen-bond acceptors (Lipinski definition) is 4. The summed E-state index contributed by atoms with van der Waals surface area (Å²) in [6, 6.07) is 18.6. The van der Waals surface area contributed by atoms with E-state index in [1.165, 1.54) is 5.56 Å². The van der Waals surface area contributed by atoms with Crippen LogP contribution in [-0.2, 0) is 4.79 Å². The average Bonchev–Trinajstić information content (AvgIpc) is 3.39. The maximum absolute atomic E-state index is 12.2. The average molecular weight is 412 g/mol. The van der Waals surface area contributed by atoms with Crippen molar-refractivity contribution in [1.29, 1.82) is 0 Å². The van der Waals surface area contributed by atoms with Crippen LogP contribution in [-0.4, -0.2) is 34.5 Å². The number of carbonyl (C=O) groups is 1. The molecule has 2 N–H and O–H groups in total. The lowest BCUT2D eigenvalue weighted by molar-refractivity contribution is -0.116. The summed E-state index contributed by atoms with van der Waals surface area (Å²) < 4.78 is 1.96. The Bertz CT molecular complexity index is 1170. The van der Waals surface area contributed by atoms with Crippen molar-refractivity contribution in [2.24, 2.45) is 5.10 Å². The number of carbonyl (C=O) groups excluding carboxylic acids is 1. The molecule has 156 valence electrons. The van der Waals surface area contributed by atoms with Gasteiger partial charge >= 0.3 is 0 Å². The first-order valence-corrected chi connectivity index (χ1v) is 10.7. The molecule has 3 aromatic rings. The van der Waals surface area contributed by atoms with Crippen molar-refractivity contribution in [1.82, 2.24) is 20.5 Å². The number of benzene rings is 2. The molecule has 0 bridgehead atoms. The Labute approximate surface area is 181 Å². The first-order chi connectivity index (χ1) is 15.2. The molecule has 5 rings (SSSR count). The van der Waals surface area contributed by atoms with Gasteiger partial charge in [-0.05, 0) is 56.5 Å². The zero-order valence-corrected chi connectivity index (χ0v) is 17.5. The molecule has 1 saturated heterocycles. The van der Waals surface area contributed by atoms with Crippen LogP contribution in [0.1, 0.15) is 36.8 Å². The van der Waals surface area contributed by atoms with Gasteiger partial charge in [0.25, 0.3) is 5.91 Å². The van der Waals surface area contributed by atoms with Gasteiger partial charge in [-0.15, -0.1) is 0 Å². The predicted octanol–water partition coefficient (Wildman–Crippen LogP) is 3.90. The fourth-order valence-electron chi connectivity index (χ4n) is 4.36. The summed E-state index contributed by atoms with van der Waals surface area (Å²) in [6.45, 7) is 3.92. The van der Waals surface area contributed by atoms with Gasteiger partial charge in [0.15, 0.2) is 0 Å². The minimum absolute atomic E-state index is 0.181. The lowest BCUT2D eigenvalue weighted by Crippen LogP contribution is -2.27. The van der Waals surface area contributed by atoms with Gasteiger partial charge in [-0.25, -0.2) is 10.1 Å². The second-order valence-electron chi connectivity index (χ2n) is 8.02. The van der Waals surface area contributed by atoms with E-state index in [9.17, 15) is 4.79 Å². The number of rotatable bonds is 4. The molecule has 2 aromatic carbocycles. The second kappa shape index (κ2) is 8.32. The molecule has 1 aromatic heterocycles. The number of hydrogen-bond donors (Lipinski definition) is 2. The number of hydrazone groups is 1. The highest BCUT2D eigenvalue weighted by atomic mass is 16.2. The third kappa shape index (κ3) is 3.82. The number of nitrogens with zero attached hydrogens (tertiary/aromatic N) is 3. The quantitative estimate of drug-likeness (QED) is 0.640. The van der Waals surface area contributed by atoms with Crippen molar-refractivity contribution in [2.75, 3.05) is 13.1 Å². The molecule has 6 heteroatoms. The van der Waals surface area contributed by atoms with Crippen LogP contribution in [0.3, 0.4) is 0 Å². The SMILES string of the molecule is CC1=NNC(=O)/C1=C\c1cn(-c2ccccc2C2CCNCC2)nc1-c1ccccc1. The van der Waals surface area contributed by atoms with Gasteiger partial charge in [-0.2, -0.15) is 10.2 Å². The summed E-state index contributed by atoms with van der Waals surface area (Å²) in [5.74, 6) is 0.331. The third-order valence-corrected chi connectivity index (χ3v) is 6.01. The van der Waals surface area contributed by atoms with Gasteiger partial charge in [0.1, 0.15) is 0 Å². The number of para-hydroxylation sites is 1. The topological polar surface area (TPSA) is 71.3 Å². The summed E-state index contributed by atoms with van der Waals surface area (Å²) in [5, 5.41) is 12.5. The van der Waals surface area contributed by atoms with Crippen molar-refractivity contribution in [3.8, 4) is 16.9 Å². The first kappa shape index (κ1) is 19.5. The van der Waals surface area contributed by atoms with Crippen molar-refractivity contribution in [3.63, 3.8) is 0 Å². The van der Waals surface area contributed by atoms with E-state index in [-0.39, 0.29) is 5.91 Å². The van der Waals surface area contributed by atoms with Crippen LogP contribution in [0.25, 0.3) is 23.0 Å². The molecular formula is C25H25N5O. The summed E-state index contributed by atoms with van der Waals surface area (Å²) >= 11 is 0. The van der Waals surface area contributed by atoms with E-state index in [2.05, 4.69) is 40.1 Å². The van der Waals surface area contributed by atoms with E-state index in [1.807, 2.05) is 54.2 Å². The van der Waals surface area contributed by atoms with E-state index < -0.39 is 0 Å². The molecule has 0 unspecified atom stereocenters. The Morgan fingerprint density at radius 1 is 1.03 bits per heavy atom. The number of piperidine rings is 1. The smallest absolute Gasteiger partial charge is 0.273 e. The molecule has 0 atom stereocenters. The van der Waals surface area contributed by atoms with Crippen molar-refractivity contribution < 1.29 is 4.79 Å². The molecule has 6 nitrogen and oxygen atoms in total. The lowest BCUT2D eigenvalue weighted by atomic mass is 9.89. The number of amides is 1. The molecule has 1 amide bonds. The summed E-state index contributed by atoms with van der Waals surface area (Å²) in [5.41, 5.74) is 8.97. The van der Waals surface area contributed by atoms with Gasteiger partial charge in [-0.3, -0.25) is 4.79 Å². The Morgan fingerprint density at radius 3 is 2.52 bits per heavy atom. The maximum atomic E-state index is 12.2. The highest BCUT2D eigenvalue weighted by Crippen LogP contribution is 2.32. The van der Waals surface area contributed by atoms with Crippen molar-refractivity contribution in [2.45, 2.75) is 25.7 Å². The zero-order chi connectivity index (χ0) is 21.2. The number of nitrogens with one attached hydrogen (secondary N) is 2. The number of aromatic nitrogens is 2. The molecule has 1 fully saturated rings. The van der Waals surface area contributed by atoms with Crippen LogP contribution in [0.15, 0.2) is 71.5 Å². The van der Waals surface area contributed by atoms with E-state index in [1.54, 1.807) is 0 Å². The summed E-state index contributed by atoms with van der Waals surface area (Å²) in [7, 11) is 0. The largest absolute Gasteiger partial charge is 0.317 e. The van der Waals surface area contributed by atoms with Gasteiger partial charge in [0, 0.05) is 17.3 Å². The highest BCUT2D eigenvalue weighted by molar-refractivity contribution is 6.26. The van der Waals surface area contributed by atoms with Gasteiger partial charge in [0.05, 0.1) is 22.7 Å². The highest BCUT2D eigenvalue weighted by Gasteiger charge is 2.23. The van der Waals surface area contributed by atoms with Gasteiger partial charge < -0.3 is 5.32 Å². The second-order valence-corrected chi connectivity index (χ2v) is 8.02. The van der Waals surface area contributed by atoms with Crippen LogP contribution < -0.4 is 10.7 Å². The van der Waals surface area contributed by atoms with E-state index in [4.69, 9.17) is 5.10 Å². The minimum Gasteiger partial charge on any atom is -0.317 e. The summed E-state index contributed by atoms with van der Waals surface area (Å²) in [4.78, 5) is 12.2. The van der Waals surface area contributed by atoms with Crippen LogP contribution in [0.2, 0.25) is 0 Å². The molecule has 2 aliphatic heterocycles. The molecule has 31 heavy (non-hydrogen) atoms. The lowest BCUT2D eigenvalue weighted by Gasteiger charge is -2.25. The molecule has 0 spiro atoms. The molecule has 3 heterocycles. The van der Waals surface area contributed by atoms with Gasteiger partial charge in [-0.1, -0.05) is 48.5 Å².